The van der Waals surface area contributed by atoms with Gasteiger partial charge in [0.2, 0.25) is 6.79 Å². The van der Waals surface area contributed by atoms with E-state index < -0.39 is 11.9 Å². The van der Waals surface area contributed by atoms with Crippen molar-refractivity contribution in [2.24, 2.45) is 5.92 Å². The van der Waals surface area contributed by atoms with E-state index in [9.17, 15) is 14.0 Å². The fourth-order valence-electron chi connectivity index (χ4n) is 3.56. The summed E-state index contributed by atoms with van der Waals surface area (Å²) in [4.78, 5) is 19.1. The molecule has 2 heterocycles. The van der Waals surface area contributed by atoms with Crippen LogP contribution in [0.1, 0.15) is 17.9 Å². The van der Waals surface area contributed by atoms with E-state index >= 15 is 0 Å². The molecule has 170 valence electrons. The third-order valence-electron chi connectivity index (χ3n) is 5.08. The molecule has 9 heteroatoms. The molecular formula is C23H24FNO7. The van der Waals surface area contributed by atoms with Gasteiger partial charge in [0.1, 0.15) is 11.6 Å². The van der Waals surface area contributed by atoms with Crippen LogP contribution in [-0.2, 0) is 9.59 Å². The number of fused-ring (bicyclic) bond motifs is 1. The Balaban J connectivity index is 0.000000312. The van der Waals surface area contributed by atoms with E-state index in [0.717, 1.165) is 36.8 Å². The van der Waals surface area contributed by atoms with Crippen LogP contribution in [0.4, 0.5) is 4.39 Å². The van der Waals surface area contributed by atoms with Crippen molar-refractivity contribution in [1.29, 1.82) is 0 Å². The molecule has 3 N–H and O–H groups in total. The van der Waals surface area contributed by atoms with Gasteiger partial charge in [-0.25, -0.2) is 14.0 Å². The second kappa shape index (κ2) is 11.1. The lowest BCUT2D eigenvalue weighted by Crippen LogP contribution is -2.38. The van der Waals surface area contributed by atoms with E-state index in [1.54, 1.807) is 0 Å². The summed E-state index contributed by atoms with van der Waals surface area (Å²) in [6, 6.07) is 12.5. The SMILES string of the molecule is Fc1ccc([C@H]2CCNC[C@@H]2COc2ccc3c(c2)OCO3)cc1.O=C(O)C=CC(=O)O. The molecule has 32 heavy (non-hydrogen) atoms. The minimum Gasteiger partial charge on any atom is -0.493 e. The summed E-state index contributed by atoms with van der Waals surface area (Å²) < 4.78 is 29.9. The molecule has 0 radical (unpaired) electrons. The van der Waals surface area contributed by atoms with Crippen molar-refractivity contribution in [3.05, 3.63) is 66.0 Å². The van der Waals surface area contributed by atoms with Gasteiger partial charge >= 0.3 is 11.9 Å². The van der Waals surface area contributed by atoms with Gasteiger partial charge in [-0.3, -0.25) is 0 Å². The predicted molar refractivity (Wildman–Crippen MR) is 113 cm³/mol. The highest BCUT2D eigenvalue weighted by atomic mass is 19.1. The van der Waals surface area contributed by atoms with Gasteiger partial charge in [0, 0.05) is 30.7 Å². The number of aliphatic carboxylic acids is 2. The maximum absolute atomic E-state index is 13.2. The van der Waals surface area contributed by atoms with E-state index in [-0.39, 0.29) is 12.6 Å². The Kier molecular flexibility index (Phi) is 8.04. The normalized spacial score (nSPS) is 19.2. The predicted octanol–water partition coefficient (Wildman–Crippen LogP) is 3.04. The van der Waals surface area contributed by atoms with Gasteiger partial charge in [-0.1, -0.05) is 12.1 Å². The molecule has 2 aromatic carbocycles. The highest BCUT2D eigenvalue weighted by Crippen LogP contribution is 2.36. The molecule has 0 aliphatic carbocycles. The molecule has 2 aliphatic rings. The summed E-state index contributed by atoms with van der Waals surface area (Å²) in [6.07, 6.45) is 2.14. The molecule has 0 spiro atoms. The number of ether oxygens (including phenoxy) is 3. The van der Waals surface area contributed by atoms with Gasteiger partial charge in [-0.05, 0) is 48.7 Å². The zero-order chi connectivity index (χ0) is 22.9. The zero-order valence-electron chi connectivity index (χ0n) is 17.2. The van der Waals surface area contributed by atoms with Gasteiger partial charge in [-0.15, -0.1) is 0 Å². The van der Waals surface area contributed by atoms with Crippen LogP contribution in [0.25, 0.3) is 0 Å². The van der Waals surface area contributed by atoms with Crippen LogP contribution in [0.2, 0.25) is 0 Å². The minimum absolute atomic E-state index is 0.194. The van der Waals surface area contributed by atoms with Gasteiger partial charge in [-0.2, -0.15) is 0 Å². The van der Waals surface area contributed by atoms with Gasteiger partial charge < -0.3 is 29.7 Å². The number of hydrogen-bond donors (Lipinski definition) is 3. The van der Waals surface area contributed by atoms with E-state index in [1.807, 2.05) is 30.3 Å². The Bertz CT molecular complexity index is 945. The van der Waals surface area contributed by atoms with Crippen molar-refractivity contribution >= 4 is 11.9 Å². The molecule has 0 saturated carbocycles. The van der Waals surface area contributed by atoms with E-state index in [0.29, 0.717) is 30.6 Å². The summed E-state index contributed by atoms with van der Waals surface area (Å²) >= 11 is 0. The summed E-state index contributed by atoms with van der Waals surface area (Å²) in [5.74, 6) is 0.272. The van der Waals surface area contributed by atoms with Crippen molar-refractivity contribution in [2.45, 2.75) is 12.3 Å². The maximum atomic E-state index is 13.2. The number of rotatable bonds is 6. The van der Waals surface area contributed by atoms with Crippen LogP contribution in [-0.4, -0.2) is 48.6 Å². The first-order valence-electron chi connectivity index (χ1n) is 10.0. The lowest BCUT2D eigenvalue weighted by molar-refractivity contribution is -0.134. The molecule has 2 aliphatic heterocycles. The number of nitrogens with one attached hydrogen (secondary N) is 1. The van der Waals surface area contributed by atoms with Gasteiger partial charge in [0.25, 0.3) is 0 Å². The van der Waals surface area contributed by atoms with E-state index in [1.165, 1.54) is 17.7 Å². The van der Waals surface area contributed by atoms with E-state index in [2.05, 4.69) is 5.32 Å². The maximum Gasteiger partial charge on any atom is 0.328 e. The Hall–Kier alpha value is -3.59. The number of benzene rings is 2. The zero-order valence-corrected chi connectivity index (χ0v) is 17.2. The molecule has 8 nitrogen and oxygen atoms in total. The van der Waals surface area contributed by atoms with Crippen molar-refractivity contribution < 1.29 is 38.4 Å². The second-order valence-electron chi connectivity index (χ2n) is 7.25. The first-order chi connectivity index (χ1) is 15.4. The number of carboxylic acids is 2. The molecular weight excluding hydrogens is 421 g/mol. The first-order valence-corrected chi connectivity index (χ1v) is 10.0. The van der Waals surface area contributed by atoms with Crippen molar-refractivity contribution in [3.63, 3.8) is 0 Å². The average Bonchev–Trinajstić information content (AvgIpc) is 3.25. The average molecular weight is 445 g/mol. The van der Waals surface area contributed by atoms with Crippen LogP contribution in [0.15, 0.2) is 54.6 Å². The molecule has 0 bridgehead atoms. The summed E-state index contributed by atoms with van der Waals surface area (Å²) in [7, 11) is 0. The molecule has 2 atom stereocenters. The van der Waals surface area contributed by atoms with Gasteiger partial charge in [0.15, 0.2) is 11.5 Å². The number of carboxylic acid groups (broad SMARTS) is 2. The quantitative estimate of drug-likeness (QED) is 0.582. The van der Waals surface area contributed by atoms with Crippen LogP contribution in [0.3, 0.4) is 0 Å². The van der Waals surface area contributed by atoms with Crippen LogP contribution >= 0.6 is 0 Å². The third-order valence-corrected chi connectivity index (χ3v) is 5.08. The first kappa shape index (κ1) is 23.1. The lowest BCUT2D eigenvalue weighted by Gasteiger charge is -2.32. The molecule has 0 unspecified atom stereocenters. The monoisotopic (exact) mass is 445 g/mol. The molecule has 1 fully saturated rings. The highest BCUT2D eigenvalue weighted by Gasteiger charge is 2.27. The highest BCUT2D eigenvalue weighted by molar-refractivity contribution is 5.89. The van der Waals surface area contributed by atoms with Crippen LogP contribution in [0.5, 0.6) is 17.2 Å². The Morgan fingerprint density at radius 3 is 2.44 bits per heavy atom. The Morgan fingerprint density at radius 2 is 1.75 bits per heavy atom. The Morgan fingerprint density at radius 1 is 1.06 bits per heavy atom. The smallest absolute Gasteiger partial charge is 0.328 e. The van der Waals surface area contributed by atoms with Crippen molar-refractivity contribution in [3.8, 4) is 17.2 Å². The standard InChI is InChI=1S/C19H20FNO3.C4H4O4/c20-15-3-1-13(2-4-15)17-7-8-21-10-14(17)11-22-16-5-6-18-19(9-16)24-12-23-18;5-3(6)1-2-4(7)8/h1-6,9,14,17,21H,7-8,10-12H2;1-2H,(H,5,6)(H,7,8)/t14-,17-;/m1./s1. The number of hydrogen-bond acceptors (Lipinski definition) is 6. The number of carbonyl (C=O) groups is 2. The minimum atomic E-state index is -1.26. The van der Waals surface area contributed by atoms with Crippen LogP contribution in [0, 0.1) is 11.7 Å². The van der Waals surface area contributed by atoms with Crippen molar-refractivity contribution in [1.82, 2.24) is 5.32 Å². The summed E-state index contributed by atoms with van der Waals surface area (Å²) in [5, 5.41) is 19.0. The second-order valence-corrected chi connectivity index (χ2v) is 7.25. The largest absolute Gasteiger partial charge is 0.493 e. The summed E-state index contributed by atoms with van der Waals surface area (Å²) in [6.45, 7) is 2.74. The van der Waals surface area contributed by atoms with Gasteiger partial charge in [0.05, 0.1) is 6.61 Å². The fourth-order valence-corrected chi connectivity index (χ4v) is 3.56. The van der Waals surface area contributed by atoms with E-state index in [4.69, 9.17) is 24.4 Å². The van der Waals surface area contributed by atoms with Crippen molar-refractivity contribution in [2.75, 3.05) is 26.5 Å². The molecule has 0 amide bonds. The van der Waals surface area contributed by atoms with Crippen LogP contribution < -0.4 is 19.5 Å². The fraction of sp³-hybridized carbons (Fsp3) is 0.304. The topological polar surface area (TPSA) is 114 Å². The summed E-state index contributed by atoms with van der Waals surface area (Å²) in [5.41, 5.74) is 1.18. The third kappa shape index (κ3) is 6.71. The molecule has 0 aromatic heterocycles. The molecule has 4 rings (SSSR count). The number of halogens is 1. The molecule has 1 saturated heterocycles. The lowest BCUT2D eigenvalue weighted by atomic mass is 9.81. The number of piperidine rings is 1. The molecule has 2 aromatic rings. The Labute approximate surface area is 184 Å².